The van der Waals surface area contributed by atoms with Crippen LogP contribution in [-0.2, 0) is 14.3 Å². The molecule has 2 amide bonds. The molecule has 5 rings (SSSR count). The van der Waals surface area contributed by atoms with E-state index in [1.165, 1.54) is 5.56 Å². The Labute approximate surface area is 205 Å². The third kappa shape index (κ3) is 5.30. The van der Waals surface area contributed by atoms with Gasteiger partial charge in [0.1, 0.15) is 0 Å². The maximum Gasteiger partial charge on any atom is 0.241 e. The smallest absolute Gasteiger partial charge is 0.241 e. The van der Waals surface area contributed by atoms with Crippen LogP contribution >= 0.6 is 11.8 Å². The predicted octanol–water partition coefficient (Wildman–Crippen LogP) is 2.34. The summed E-state index contributed by atoms with van der Waals surface area (Å²) in [5.74, 6) is 1.17. The third-order valence-corrected chi connectivity index (χ3v) is 7.97. The van der Waals surface area contributed by atoms with Crippen molar-refractivity contribution in [2.75, 3.05) is 76.2 Å². The van der Waals surface area contributed by atoms with Crippen LogP contribution in [0.2, 0.25) is 0 Å². The molecule has 7 nitrogen and oxygen atoms in total. The van der Waals surface area contributed by atoms with E-state index in [0.29, 0.717) is 39.4 Å². The molecule has 2 saturated heterocycles. The van der Waals surface area contributed by atoms with Crippen LogP contribution in [0, 0.1) is 0 Å². The van der Waals surface area contributed by atoms with Crippen LogP contribution in [0.4, 0.5) is 5.69 Å². The van der Waals surface area contributed by atoms with E-state index in [4.69, 9.17) is 4.74 Å². The number of hydrogen-bond donors (Lipinski definition) is 0. The van der Waals surface area contributed by atoms with E-state index < -0.39 is 0 Å². The number of carbonyl (C=O) groups is 2. The number of nitrogens with zero attached hydrogens (tertiary/aromatic N) is 4. The zero-order valence-corrected chi connectivity index (χ0v) is 20.3. The van der Waals surface area contributed by atoms with E-state index in [0.717, 1.165) is 42.5 Å². The first-order chi connectivity index (χ1) is 16.7. The highest BCUT2D eigenvalue weighted by molar-refractivity contribution is 7.99. The van der Waals surface area contributed by atoms with Crippen molar-refractivity contribution < 1.29 is 14.3 Å². The molecule has 0 N–H and O–H groups in total. The highest BCUT2D eigenvalue weighted by Crippen LogP contribution is 2.43. The molecule has 3 aliphatic heterocycles. The first-order valence-corrected chi connectivity index (χ1v) is 13.1. The molecule has 2 fully saturated rings. The monoisotopic (exact) mass is 480 g/mol. The van der Waals surface area contributed by atoms with Gasteiger partial charge in [-0.15, -0.1) is 11.8 Å². The van der Waals surface area contributed by atoms with E-state index in [9.17, 15) is 9.59 Å². The van der Waals surface area contributed by atoms with Gasteiger partial charge < -0.3 is 14.5 Å². The highest BCUT2D eigenvalue weighted by atomic mass is 32.2. The molecule has 3 heterocycles. The Balaban J connectivity index is 1.21. The lowest BCUT2D eigenvalue weighted by molar-refractivity contribution is -0.137. The largest absolute Gasteiger partial charge is 0.378 e. The Bertz CT molecular complexity index is 991. The predicted molar refractivity (Wildman–Crippen MR) is 134 cm³/mol. The van der Waals surface area contributed by atoms with Gasteiger partial charge in [-0.3, -0.25) is 19.4 Å². The molecule has 2 aromatic rings. The number of para-hydroxylation sites is 1. The Morgan fingerprint density at radius 2 is 1.41 bits per heavy atom. The first-order valence-electron chi connectivity index (χ1n) is 12.1. The minimum Gasteiger partial charge on any atom is -0.378 e. The van der Waals surface area contributed by atoms with E-state index in [1.54, 1.807) is 0 Å². The molecule has 0 unspecified atom stereocenters. The number of morpholine rings is 1. The number of amides is 2. The molecule has 0 aromatic heterocycles. The Hall–Kier alpha value is -2.39. The quantitative estimate of drug-likeness (QED) is 0.655. The Morgan fingerprint density at radius 3 is 2.12 bits per heavy atom. The summed E-state index contributed by atoms with van der Waals surface area (Å²) in [4.78, 5) is 35.7. The van der Waals surface area contributed by atoms with Gasteiger partial charge in [0.2, 0.25) is 11.8 Å². The summed E-state index contributed by atoms with van der Waals surface area (Å²) in [5.41, 5.74) is 2.18. The topological polar surface area (TPSA) is 56.3 Å². The summed E-state index contributed by atoms with van der Waals surface area (Å²) < 4.78 is 5.35. The average Bonchev–Trinajstić information content (AvgIpc) is 2.90. The van der Waals surface area contributed by atoms with Crippen molar-refractivity contribution in [3.63, 3.8) is 0 Å². The third-order valence-electron chi connectivity index (χ3n) is 6.83. The van der Waals surface area contributed by atoms with E-state index in [1.807, 2.05) is 51.9 Å². The maximum absolute atomic E-state index is 13.7. The first kappa shape index (κ1) is 23.4. The standard InChI is InChI=1S/C26H32N4O3S/c31-25(29-14-16-33-17-15-29)18-27-10-12-28(13-11-27)19-26(32)30-22-8-4-5-9-24(22)34-20-23(30)21-6-2-1-3-7-21/h1-9,23H,10-20H2/t23-/m1/s1. The van der Waals surface area contributed by atoms with E-state index >= 15 is 0 Å². The Kier molecular flexibility index (Phi) is 7.49. The number of hydrogen-bond acceptors (Lipinski definition) is 6. The van der Waals surface area contributed by atoms with Gasteiger partial charge in [-0.2, -0.15) is 0 Å². The zero-order valence-electron chi connectivity index (χ0n) is 19.5. The lowest BCUT2D eigenvalue weighted by Crippen LogP contribution is -2.53. The zero-order chi connectivity index (χ0) is 23.3. The lowest BCUT2D eigenvalue weighted by atomic mass is 10.1. The Morgan fingerprint density at radius 1 is 0.794 bits per heavy atom. The van der Waals surface area contributed by atoms with Gasteiger partial charge in [0.05, 0.1) is 38.0 Å². The second kappa shape index (κ2) is 10.9. The molecule has 34 heavy (non-hydrogen) atoms. The van der Waals surface area contributed by atoms with Crippen molar-refractivity contribution in [3.05, 3.63) is 60.2 Å². The van der Waals surface area contributed by atoms with Gasteiger partial charge in [-0.05, 0) is 17.7 Å². The number of ether oxygens (including phenoxy) is 1. The fourth-order valence-electron chi connectivity index (χ4n) is 4.90. The second-order valence-corrected chi connectivity index (χ2v) is 10.1. The van der Waals surface area contributed by atoms with Crippen molar-refractivity contribution in [1.82, 2.24) is 14.7 Å². The van der Waals surface area contributed by atoms with Gasteiger partial charge in [-0.25, -0.2) is 0 Å². The number of piperazine rings is 1. The summed E-state index contributed by atoms with van der Waals surface area (Å²) in [6.07, 6.45) is 0. The van der Waals surface area contributed by atoms with Crippen molar-refractivity contribution in [1.29, 1.82) is 0 Å². The molecule has 1 atom stereocenters. The van der Waals surface area contributed by atoms with Crippen LogP contribution in [0.1, 0.15) is 11.6 Å². The van der Waals surface area contributed by atoms with E-state index in [2.05, 4.69) is 34.1 Å². The molecular formula is C26H32N4O3S. The number of carbonyl (C=O) groups excluding carboxylic acids is 2. The summed E-state index contributed by atoms with van der Waals surface area (Å²) in [6.45, 7) is 6.67. The molecule has 3 aliphatic rings. The molecule has 180 valence electrons. The number of anilines is 1. The van der Waals surface area contributed by atoms with Crippen molar-refractivity contribution in [2.24, 2.45) is 0 Å². The van der Waals surface area contributed by atoms with Gasteiger partial charge in [0, 0.05) is 49.9 Å². The van der Waals surface area contributed by atoms with Gasteiger partial charge in [-0.1, -0.05) is 42.5 Å². The minimum atomic E-state index is 0.0287. The SMILES string of the molecule is O=C(CN1CCN(CC(=O)N2c3ccccc3SC[C@@H]2c2ccccc2)CC1)N1CCOCC1. The van der Waals surface area contributed by atoms with Crippen LogP contribution in [-0.4, -0.2) is 97.8 Å². The second-order valence-electron chi connectivity index (χ2n) is 9.01. The van der Waals surface area contributed by atoms with Crippen LogP contribution in [0.15, 0.2) is 59.5 Å². The van der Waals surface area contributed by atoms with Gasteiger partial charge >= 0.3 is 0 Å². The average molecular weight is 481 g/mol. The number of fused-ring (bicyclic) bond motifs is 1. The molecule has 0 saturated carbocycles. The van der Waals surface area contributed by atoms with Crippen molar-refractivity contribution in [3.8, 4) is 0 Å². The van der Waals surface area contributed by atoms with Crippen LogP contribution < -0.4 is 4.90 Å². The van der Waals surface area contributed by atoms with Crippen molar-refractivity contribution in [2.45, 2.75) is 10.9 Å². The maximum atomic E-state index is 13.7. The highest BCUT2D eigenvalue weighted by Gasteiger charge is 2.33. The fraction of sp³-hybridized carbons (Fsp3) is 0.462. The van der Waals surface area contributed by atoms with Gasteiger partial charge in [0.15, 0.2) is 0 Å². The van der Waals surface area contributed by atoms with Crippen LogP contribution in [0.5, 0.6) is 0 Å². The summed E-state index contributed by atoms with van der Waals surface area (Å²) >= 11 is 1.82. The molecule has 0 aliphatic carbocycles. The molecule has 8 heteroatoms. The molecular weight excluding hydrogens is 448 g/mol. The summed E-state index contributed by atoms with van der Waals surface area (Å²) in [5, 5.41) is 0. The molecule has 0 spiro atoms. The van der Waals surface area contributed by atoms with Crippen molar-refractivity contribution >= 4 is 29.3 Å². The van der Waals surface area contributed by atoms with E-state index in [-0.39, 0.29) is 17.9 Å². The lowest BCUT2D eigenvalue weighted by Gasteiger charge is -2.40. The molecule has 0 radical (unpaired) electrons. The summed E-state index contributed by atoms with van der Waals surface area (Å²) in [6, 6.07) is 18.6. The minimum absolute atomic E-state index is 0.0287. The molecule has 0 bridgehead atoms. The van der Waals surface area contributed by atoms with Gasteiger partial charge in [0.25, 0.3) is 0 Å². The number of thioether (sulfide) groups is 1. The number of benzene rings is 2. The molecule has 2 aromatic carbocycles. The number of rotatable bonds is 5. The van der Waals surface area contributed by atoms with Crippen LogP contribution in [0.3, 0.4) is 0 Å². The van der Waals surface area contributed by atoms with Crippen LogP contribution in [0.25, 0.3) is 0 Å². The summed E-state index contributed by atoms with van der Waals surface area (Å²) in [7, 11) is 0. The fourth-order valence-corrected chi connectivity index (χ4v) is 6.06. The normalized spacial score (nSPS) is 21.8.